The molecule has 14 heavy (non-hydrogen) atoms. The van der Waals surface area contributed by atoms with Crippen LogP contribution >= 0.6 is 0 Å². The first-order valence-corrected chi connectivity index (χ1v) is 4.72. The Labute approximate surface area is 83.2 Å². The van der Waals surface area contributed by atoms with Gasteiger partial charge in [0.05, 0.1) is 0 Å². The lowest BCUT2D eigenvalue weighted by Gasteiger charge is -2.10. The molecule has 2 rings (SSSR count). The minimum Gasteiger partial charge on any atom is -0.461 e. The van der Waals surface area contributed by atoms with E-state index in [2.05, 4.69) is 0 Å². The number of hydrogen-bond acceptors (Lipinski definition) is 1. The van der Waals surface area contributed by atoms with E-state index < -0.39 is 5.60 Å². The van der Waals surface area contributed by atoms with E-state index in [0.29, 0.717) is 6.42 Å². The normalized spacial score (nSPS) is 12.2. The third-order valence-electron chi connectivity index (χ3n) is 2.08. The predicted octanol–water partition coefficient (Wildman–Crippen LogP) is 3.18. The Morgan fingerprint density at radius 2 is 2.00 bits per heavy atom. The summed E-state index contributed by atoms with van der Waals surface area (Å²) in [6.45, 7) is 3.33. The fourth-order valence-electron chi connectivity index (χ4n) is 1.54. The second-order valence-corrected chi connectivity index (χ2v) is 4.19. The van der Waals surface area contributed by atoms with Gasteiger partial charge in [-0.2, -0.15) is 0 Å². The molecule has 2 aromatic rings. The summed E-state index contributed by atoms with van der Waals surface area (Å²) in [5.74, 6) is 0.770. The van der Waals surface area contributed by atoms with Crippen molar-refractivity contribution >= 4 is 11.0 Å². The van der Waals surface area contributed by atoms with Crippen LogP contribution in [0.4, 0.5) is 0 Å². The number of hydrogen-bond donors (Lipinski definition) is 0. The number of furan rings is 1. The second kappa shape index (κ2) is 3.14. The zero-order valence-corrected chi connectivity index (χ0v) is 8.41. The van der Waals surface area contributed by atoms with Gasteiger partial charge in [-0.05, 0) is 26.0 Å². The molecule has 1 heterocycles. The van der Waals surface area contributed by atoms with Crippen LogP contribution in [-0.2, 0) is 11.5 Å². The summed E-state index contributed by atoms with van der Waals surface area (Å²) in [6, 6.07) is 9.73. The van der Waals surface area contributed by atoms with Crippen molar-refractivity contribution in [2.75, 3.05) is 0 Å². The first kappa shape index (κ1) is 9.28. The van der Waals surface area contributed by atoms with Gasteiger partial charge in [0.15, 0.2) is 0 Å². The Bertz CT molecular complexity index is 402. The summed E-state index contributed by atoms with van der Waals surface area (Å²) < 4.78 is 5.54. The largest absolute Gasteiger partial charge is 0.461 e. The van der Waals surface area contributed by atoms with Crippen LogP contribution in [0.25, 0.3) is 11.0 Å². The SMILES string of the molecule is CC(C)([O])Cc1cc2ccccc2o1. The van der Waals surface area contributed by atoms with Gasteiger partial charge in [0.2, 0.25) is 0 Å². The molecule has 0 atom stereocenters. The molecule has 1 aromatic heterocycles. The fourth-order valence-corrected chi connectivity index (χ4v) is 1.54. The van der Waals surface area contributed by atoms with Crippen LogP contribution in [-0.4, -0.2) is 5.60 Å². The van der Waals surface area contributed by atoms with Crippen molar-refractivity contribution in [3.05, 3.63) is 36.1 Å². The van der Waals surface area contributed by atoms with E-state index in [0.717, 1.165) is 16.7 Å². The molecule has 1 radical (unpaired) electrons. The molecule has 0 aliphatic carbocycles. The molecule has 0 aliphatic rings. The first-order valence-electron chi connectivity index (χ1n) is 4.72. The van der Waals surface area contributed by atoms with Crippen molar-refractivity contribution in [1.82, 2.24) is 0 Å². The monoisotopic (exact) mass is 189 g/mol. The van der Waals surface area contributed by atoms with Crippen LogP contribution in [0, 0.1) is 0 Å². The zero-order chi connectivity index (χ0) is 10.2. The Kier molecular flexibility index (Phi) is 2.08. The lowest BCUT2D eigenvalue weighted by atomic mass is 10.0. The highest BCUT2D eigenvalue weighted by molar-refractivity contribution is 5.77. The molecule has 0 saturated carbocycles. The molecular weight excluding hydrogens is 176 g/mol. The van der Waals surface area contributed by atoms with Gasteiger partial charge in [0, 0.05) is 11.8 Å². The van der Waals surface area contributed by atoms with Crippen molar-refractivity contribution in [2.45, 2.75) is 25.9 Å². The van der Waals surface area contributed by atoms with Gasteiger partial charge in [0.25, 0.3) is 0 Å². The summed E-state index contributed by atoms with van der Waals surface area (Å²) in [6.07, 6.45) is 0.432. The molecule has 0 amide bonds. The Morgan fingerprint density at radius 3 is 2.64 bits per heavy atom. The number of benzene rings is 1. The predicted molar refractivity (Wildman–Crippen MR) is 54.7 cm³/mol. The van der Waals surface area contributed by atoms with Crippen LogP contribution in [0.3, 0.4) is 0 Å². The van der Waals surface area contributed by atoms with Gasteiger partial charge in [-0.3, -0.25) is 0 Å². The van der Waals surface area contributed by atoms with Gasteiger partial charge in [-0.1, -0.05) is 18.2 Å². The molecular formula is C12H13O2. The van der Waals surface area contributed by atoms with Gasteiger partial charge in [-0.25, -0.2) is 5.11 Å². The van der Waals surface area contributed by atoms with Gasteiger partial charge in [-0.15, -0.1) is 0 Å². The lowest BCUT2D eigenvalue weighted by molar-refractivity contribution is 0.00115. The molecule has 1 aromatic carbocycles. The molecule has 2 heteroatoms. The van der Waals surface area contributed by atoms with E-state index in [4.69, 9.17) is 4.42 Å². The molecule has 0 spiro atoms. The smallest absolute Gasteiger partial charge is 0.134 e. The van der Waals surface area contributed by atoms with E-state index in [1.165, 1.54) is 0 Å². The molecule has 2 nitrogen and oxygen atoms in total. The third kappa shape index (κ3) is 1.96. The van der Waals surface area contributed by atoms with E-state index in [1.54, 1.807) is 13.8 Å². The van der Waals surface area contributed by atoms with E-state index in [1.807, 2.05) is 30.3 Å². The van der Waals surface area contributed by atoms with Crippen LogP contribution in [0.1, 0.15) is 19.6 Å². The average molecular weight is 189 g/mol. The molecule has 0 unspecified atom stereocenters. The average Bonchev–Trinajstić information content (AvgIpc) is 2.42. The van der Waals surface area contributed by atoms with Gasteiger partial charge >= 0.3 is 0 Å². The van der Waals surface area contributed by atoms with Crippen molar-refractivity contribution < 1.29 is 9.52 Å². The highest BCUT2D eigenvalue weighted by Gasteiger charge is 2.18. The second-order valence-electron chi connectivity index (χ2n) is 4.19. The number of rotatable bonds is 2. The standard InChI is InChI=1S/C12H13O2/c1-12(2,13)8-10-7-9-5-3-4-6-11(9)14-10/h3-7H,8H2,1-2H3. The third-order valence-corrected chi connectivity index (χ3v) is 2.08. The summed E-state index contributed by atoms with van der Waals surface area (Å²) >= 11 is 0. The van der Waals surface area contributed by atoms with E-state index >= 15 is 0 Å². The minimum absolute atomic E-state index is 0.432. The van der Waals surface area contributed by atoms with Crippen LogP contribution in [0.5, 0.6) is 0 Å². The van der Waals surface area contributed by atoms with E-state index in [9.17, 15) is 5.11 Å². The zero-order valence-electron chi connectivity index (χ0n) is 8.41. The highest BCUT2D eigenvalue weighted by atomic mass is 16.3. The Morgan fingerprint density at radius 1 is 1.29 bits per heavy atom. The van der Waals surface area contributed by atoms with Crippen LogP contribution in [0.15, 0.2) is 34.7 Å². The molecule has 0 aliphatic heterocycles. The van der Waals surface area contributed by atoms with E-state index in [-0.39, 0.29) is 0 Å². The quantitative estimate of drug-likeness (QED) is 0.714. The number of fused-ring (bicyclic) bond motifs is 1. The molecule has 73 valence electrons. The van der Waals surface area contributed by atoms with Gasteiger partial charge in [0.1, 0.15) is 16.9 Å². The maximum atomic E-state index is 11.5. The highest BCUT2D eigenvalue weighted by Crippen LogP contribution is 2.22. The van der Waals surface area contributed by atoms with Crippen molar-refractivity contribution in [3.63, 3.8) is 0 Å². The molecule has 0 N–H and O–H groups in total. The Balaban J connectivity index is 2.36. The summed E-state index contributed by atoms with van der Waals surface area (Å²) in [4.78, 5) is 0. The summed E-state index contributed by atoms with van der Waals surface area (Å²) in [7, 11) is 0. The maximum Gasteiger partial charge on any atom is 0.134 e. The maximum absolute atomic E-state index is 11.5. The molecule has 0 bridgehead atoms. The van der Waals surface area contributed by atoms with Crippen LogP contribution < -0.4 is 0 Å². The molecule has 0 fully saturated rings. The van der Waals surface area contributed by atoms with Crippen molar-refractivity contribution in [1.29, 1.82) is 0 Å². The first-order chi connectivity index (χ1) is 6.54. The lowest BCUT2D eigenvalue weighted by Crippen LogP contribution is -2.19. The Hall–Kier alpha value is -1.28. The number of para-hydroxylation sites is 1. The summed E-state index contributed by atoms with van der Waals surface area (Å²) in [5.41, 5.74) is -0.111. The van der Waals surface area contributed by atoms with Crippen molar-refractivity contribution in [2.24, 2.45) is 0 Å². The van der Waals surface area contributed by atoms with Crippen LogP contribution in [0.2, 0.25) is 0 Å². The van der Waals surface area contributed by atoms with Crippen molar-refractivity contribution in [3.8, 4) is 0 Å². The minimum atomic E-state index is -0.964. The topological polar surface area (TPSA) is 33.0 Å². The van der Waals surface area contributed by atoms with Gasteiger partial charge < -0.3 is 4.42 Å². The fraction of sp³-hybridized carbons (Fsp3) is 0.333. The molecule has 0 saturated heterocycles. The summed E-state index contributed by atoms with van der Waals surface area (Å²) in [5, 5.41) is 12.6.